The Bertz CT molecular complexity index is 783. The number of aromatic nitrogens is 4. The summed E-state index contributed by atoms with van der Waals surface area (Å²) in [6.45, 7) is 3.87. The number of hydrogen-bond donors (Lipinski definition) is 1. The van der Waals surface area contributed by atoms with Crippen LogP contribution in [0.15, 0.2) is 35.3 Å². The van der Waals surface area contributed by atoms with E-state index in [1.807, 2.05) is 26.0 Å². The predicted molar refractivity (Wildman–Crippen MR) is 72.3 cm³/mol. The third kappa shape index (κ3) is 2.14. The van der Waals surface area contributed by atoms with E-state index in [1.165, 1.54) is 11.8 Å². The van der Waals surface area contributed by atoms with Gasteiger partial charge in [-0.2, -0.15) is 5.10 Å². The summed E-state index contributed by atoms with van der Waals surface area (Å²) in [5.41, 5.74) is 2.65. The van der Waals surface area contributed by atoms with Gasteiger partial charge in [0, 0.05) is 6.42 Å². The van der Waals surface area contributed by atoms with Crippen molar-refractivity contribution in [2.45, 2.75) is 20.3 Å². The normalized spacial score (nSPS) is 11.1. The van der Waals surface area contributed by atoms with Gasteiger partial charge in [0.25, 0.3) is 5.56 Å². The van der Waals surface area contributed by atoms with E-state index in [0.717, 1.165) is 5.56 Å². The van der Waals surface area contributed by atoms with Crippen molar-refractivity contribution in [1.82, 2.24) is 19.6 Å². The van der Waals surface area contributed by atoms with Crippen LogP contribution in [0.2, 0.25) is 0 Å². The molecule has 1 aromatic carbocycles. The van der Waals surface area contributed by atoms with Crippen molar-refractivity contribution in [2.24, 2.45) is 0 Å². The fourth-order valence-corrected chi connectivity index (χ4v) is 2.04. The molecule has 0 aliphatic heterocycles. The van der Waals surface area contributed by atoms with Gasteiger partial charge in [0.1, 0.15) is 11.6 Å². The fraction of sp³-hybridized carbons (Fsp3) is 0.214. The number of rotatable bonds is 2. The Morgan fingerprint density at radius 3 is 2.68 bits per heavy atom. The summed E-state index contributed by atoms with van der Waals surface area (Å²) >= 11 is 0. The molecule has 0 radical (unpaired) electrons. The second-order valence-corrected chi connectivity index (χ2v) is 4.67. The Labute approximate surface area is 109 Å². The number of fused-ring (bicyclic) bond motifs is 1. The highest BCUT2D eigenvalue weighted by atomic mass is 16.1. The van der Waals surface area contributed by atoms with Crippen LogP contribution < -0.4 is 5.56 Å². The first kappa shape index (κ1) is 11.6. The Morgan fingerprint density at radius 1 is 1.21 bits per heavy atom. The van der Waals surface area contributed by atoms with E-state index in [1.54, 1.807) is 4.52 Å². The van der Waals surface area contributed by atoms with Crippen LogP contribution in [0.5, 0.6) is 0 Å². The van der Waals surface area contributed by atoms with Crippen LogP contribution in [0, 0.1) is 13.8 Å². The first-order chi connectivity index (χ1) is 9.13. The Balaban J connectivity index is 2.03. The molecular weight excluding hydrogens is 240 g/mol. The highest BCUT2D eigenvalue weighted by Gasteiger charge is 2.07. The number of H-pyrrole nitrogens is 1. The number of nitrogens with one attached hydrogen (secondary N) is 1. The molecule has 0 saturated heterocycles. The number of nitrogens with zero attached hydrogens (tertiary/aromatic N) is 3. The SMILES string of the molecule is Cc1ccc(Cc2nn3c(C)ncc3c(=O)[nH]2)cc1. The van der Waals surface area contributed by atoms with E-state index in [2.05, 4.69) is 27.2 Å². The summed E-state index contributed by atoms with van der Waals surface area (Å²) in [6.07, 6.45) is 2.14. The maximum Gasteiger partial charge on any atom is 0.276 e. The lowest BCUT2D eigenvalue weighted by Crippen LogP contribution is -2.16. The van der Waals surface area contributed by atoms with Crippen molar-refractivity contribution in [1.29, 1.82) is 0 Å². The maximum atomic E-state index is 11.9. The van der Waals surface area contributed by atoms with Crippen LogP contribution in [-0.4, -0.2) is 19.6 Å². The fourth-order valence-electron chi connectivity index (χ4n) is 2.04. The zero-order chi connectivity index (χ0) is 13.4. The number of aromatic amines is 1. The number of imidazole rings is 1. The molecule has 5 nitrogen and oxygen atoms in total. The quantitative estimate of drug-likeness (QED) is 0.756. The van der Waals surface area contributed by atoms with Gasteiger partial charge in [-0.3, -0.25) is 4.79 Å². The van der Waals surface area contributed by atoms with Crippen LogP contribution in [0.3, 0.4) is 0 Å². The number of benzene rings is 1. The molecular formula is C14H14N4O. The second-order valence-electron chi connectivity index (χ2n) is 4.67. The molecule has 0 fully saturated rings. The minimum absolute atomic E-state index is 0.155. The van der Waals surface area contributed by atoms with E-state index >= 15 is 0 Å². The van der Waals surface area contributed by atoms with E-state index < -0.39 is 0 Å². The topological polar surface area (TPSA) is 63.1 Å². The van der Waals surface area contributed by atoms with Crippen LogP contribution >= 0.6 is 0 Å². The van der Waals surface area contributed by atoms with Crippen molar-refractivity contribution < 1.29 is 0 Å². The van der Waals surface area contributed by atoms with Gasteiger partial charge in [0.15, 0.2) is 5.52 Å². The molecule has 1 N–H and O–H groups in total. The van der Waals surface area contributed by atoms with Crippen molar-refractivity contribution in [3.63, 3.8) is 0 Å². The van der Waals surface area contributed by atoms with Gasteiger partial charge in [0.05, 0.1) is 6.20 Å². The smallest absolute Gasteiger partial charge is 0.276 e. The van der Waals surface area contributed by atoms with E-state index in [-0.39, 0.29) is 5.56 Å². The molecule has 0 unspecified atom stereocenters. The number of hydrogen-bond acceptors (Lipinski definition) is 3. The zero-order valence-electron chi connectivity index (χ0n) is 10.8. The molecule has 5 heteroatoms. The Kier molecular flexibility index (Phi) is 2.67. The van der Waals surface area contributed by atoms with Crippen LogP contribution in [0.25, 0.3) is 5.52 Å². The minimum atomic E-state index is -0.155. The van der Waals surface area contributed by atoms with Gasteiger partial charge in [-0.25, -0.2) is 9.50 Å². The van der Waals surface area contributed by atoms with E-state index in [0.29, 0.717) is 23.6 Å². The summed E-state index contributed by atoms with van der Waals surface area (Å²) in [5, 5.41) is 4.41. The molecule has 0 aliphatic rings. The molecule has 2 heterocycles. The molecule has 0 saturated carbocycles. The predicted octanol–water partition coefficient (Wildman–Crippen LogP) is 1.63. The third-order valence-corrected chi connectivity index (χ3v) is 3.11. The van der Waals surface area contributed by atoms with Gasteiger partial charge in [0.2, 0.25) is 0 Å². The maximum absolute atomic E-state index is 11.9. The van der Waals surface area contributed by atoms with E-state index in [9.17, 15) is 4.79 Å². The summed E-state index contributed by atoms with van der Waals surface area (Å²) in [6, 6.07) is 8.18. The lowest BCUT2D eigenvalue weighted by molar-refractivity contribution is 0.784. The van der Waals surface area contributed by atoms with Crippen molar-refractivity contribution in [2.75, 3.05) is 0 Å². The Hall–Kier alpha value is -2.43. The first-order valence-electron chi connectivity index (χ1n) is 6.12. The summed E-state index contributed by atoms with van der Waals surface area (Å²) in [4.78, 5) is 18.8. The van der Waals surface area contributed by atoms with Gasteiger partial charge in [-0.15, -0.1) is 0 Å². The molecule has 19 heavy (non-hydrogen) atoms. The molecule has 3 aromatic rings. The lowest BCUT2D eigenvalue weighted by atomic mass is 10.1. The molecule has 3 rings (SSSR count). The largest absolute Gasteiger partial charge is 0.307 e. The average Bonchev–Trinajstić information content (AvgIpc) is 2.75. The van der Waals surface area contributed by atoms with Crippen molar-refractivity contribution in [3.05, 3.63) is 63.6 Å². The zero-order valence-corrected chi connectivity index (χ0v) is 10.8. The van der Waals surface area contributed by atoms with Crippen LogP contribution in [-0.2, 0) is 6.42 Å². The van der Waals surface area contributed by atoms with Gasteiger partial charge in [-0.1, -0.05) is 29.8 Å². The Morgan fingerprint density at radius 2 is 1.95 bits per heavy atom. The summed E-state index contributed by atoms with van der Waals surface area (Å²) < 4.78 is 1.59. The van der Waals surface area contributed by atoms with Crippen molar-refractivity contribution in [3.8, 4) is 0 Å². The lowest BCUT2D eigenvalue weighted by Gasteiger charge is -2.03. The van der Waals surface area contributed by atoms with Gasteiger partial charge in [-0.05, 0) is 19.4 Å². The molecule has 0 amide bonds. The summed E-state index contributed by atoms with van der Waals surface area (Å²) in [7, 11) is 0. The van der Waals surface area contributed by atoms with Gasteiger partial charge >= 0.3 is 0 Å². The highest BCUT2D eigenvalue weighted by Crippen LogP contribution is 2.07. The second kappa shape index (κ2) is 4.35. The van der Waals surface area contributed by atoms with Crippen LogP contribution in [0.1, 0.15) is 22.8 Å². The minimum Gasteiger partial charge on any atom is -0.307 e. The van der Waals surface area contributed by atoms with Gasteiger partial charge < -0.3 is 4.98 Å². The molecule has 96 valence electrons. The molecule has 0 spiro atoms. The highest BCUT2D eigenvalue weighted by molar-refractivity contribution is 5.41. The average molecular weight is 254 g/mol. The third-order valence-electron chi connectivity index (χ3n) is 3.11. The first-order valence-corrected chi connectivity index (χ1v) is 6.12. The van der Waals surface area contributed by atoms with E-state index in [4.69, 9.17) is 0 Å². The van der Waals surface area contributed by atoms with Crippen LogP contribution in [0.4, 0.5) is 0 Å². The van der Waals surface area contributed by atoms with Crippen molar-refractivity contribution >= 4 is 5.52 Å². The number of aryl methyl sites for hydroxylation is 2. The molecule has 0 atom stereocenters. The molecule has 0 bridgehead atoms. The molecule has 2 aromatic heterocycles. The molecule has 0 aliphatic carbocycles. The summed E-state index contributed by atoms with van der Waals surface area (Å²) in [5.74, 6) is 1.36. The monoisotopic (exact) mass is 254 g/mol. The standard InChI is InChI=1S/C14H14N4O/c1-9-3-5-11(6-4-9)7-13-16-14(19)12-8-15-10(2)18(12)17-13/h3-6,8H,7H2,1-2H3,(H,16,17,19).